The van der Waals surface area contributed by atoms with Gasteiger partial charge < -0.3 is 4.74 Å². The predicted octanol–water partition coefficient (Wildman–Crippen LogP) is 4.74. The standard InChI is InChI=1S/C17H19Cl2NO3S/c1-4-13(12-7-5-11(2)6-8-12)20-24(21,22)15-10-9-14(23-3)16(18)17(15)19/h5-10,13,20H,4H2,1-3H3/t13-/m1/s1. The lowest BCUT2D eigenvalue weighted by atomic mass is 10.0. The molecule has 0 aliphatic heterocycles. The van der Waals surface area contributed by atoms with Gasteiger partial charge in [-0.05, 0) is 31.0 Å². The third kappa shape index (κ3) is 4.03. The fourth-order valence-corrected chi connectivity index (χ4v) is 4.46. The molecule has 0 heterocycles. The first-order valence-corrected chi connectivity index (χ1v) is 9.65. The molecule has 2 aromatic rings. The Labute approximate surface area is 152 Å². The summed E-state index contributed by atoms with van der Waals surface area (Å²) in [6.07, 6.45) is 0.601. The number of sulfonamides is 1. The third-order valence-electron chi connectivity index (χ3n) is 3.71. The lowest BCUT2D eigenvalue weighted by molar-refractivity contribution is 0.414. The Morgan fingerprint density at radius 1 is 1.08 bits per heavy atom. The van der Waals surface area contributed by atoms with Gasteiger partial charge in [0.1, 0.15) is 15.7 Å². The highest BCUT2D eigenvalue weighted by molar-refractivity contribution is 7.89. The minimum absolute atomic E-state index is 0.0534. The van der Waals surface area contributed by atoms with Crippen LogP contribution in [0.15, 0.2) is 41.3 Å². The minimum Gasteiger partial charge on any atom is -0.495 e. The topological polar surface area (TPSA) is 55.4 Å². The van der Waals surface area contributed by atoms with E-state index in [1.165, 1.54) is 19.2 Å². The van der Waals surface area contributed by atoms with Crippen molar-refractivity contribution in [2.75, 3.05) is 7.11 Å². The van der Waals surface area contributed by atoms with Crippen LogP contribution in [0.1, 0.15) is 30.5 Å². The number of benzene rings is 2. The van der Waals surface area contributed by atoms with Crippen molar-refractivity contribution in [2.24, 2.45) is 0 Å². The maximum absolute atomic E-state index is 12.7. The van der Waals surface area contributed by atoms with Gasteiger partial charge in [-0.2, -0.15) is 0 Å². The summed E-state index contributed by atoms with van der Waals surface area (Å²) in [7, 11) is -2.39. The van der Waals surface area contributed by atoms with Crippen LogP contribution in [0.2, 0.25) is 10.0 Å². The van der Waals surface area contributed by atoms with Crippen molar-refractivity contribution in [1.29, 1.82) is 0 Å². The molecule has 4 nitrogen and oxygen atoms in total. The molecule has 130 valence electrons. The van der Waals surface area contributed by atoms with E-state index >= 15 is 0 Å². The summed E-state index contributed by atoms with van der Waals surface area (Å²) in [4.78, 5) is -0.0690. The maximum atomic E-state index is 12.7. The molecule has 0 aromatic heterocycles. The minimum atomic E-state index is -3.83. The zero-order valence-corrected chi connectivity index (χ0v) is 16.0. The van der Waals surface area contributed by atoms with Crippen LogP contribution < -0.4 is 9.46 Å². The van der Waals surface area contributed by atoms with E-state index in [-0.39, 0.29) is 21.0 Å². The van der Waals surface area contributed by atoms with Gasteiger partial charge in [-0.25, -0.2) is 13.1 Å². The van der Waals surface area contributed by atoms with Crippen LogP contribution in [0.3, 0.4) is 0 Å². The molecule has 0 radical (unpaired) electrons. The van der Waals surface area contributed by atoms with Crippen LogP contribution in [-0.2, 0) is 10.0 Å². The fourth-order valence-electron chi connectivity index (χ4n) is 2.32. The average molecular weight is 388 g/mol. The molecule has 0 bridgehead atoms. The lowest BCUT2D eigenvalue weighted by Crippen LogP contribution is -2.28. The molecule has 0 fully saturated rings. The van der Waals surface area contributed by atoms with Gasteiger partial charge in [0.25, 0.3) is 0 Å². The summed E-state index contributed by atoms with van der Waals surface area (Å²) >= 11 is 12.2. The van der Waals surface area contributed by atoms with E-state index in [1.54, 1.807) is 0 Å². The van der Waals surface area contributed by atoms with E-state index in [9.17, 15) is 8.42 Å². The van der Waals surface area contributed by atoms with E-state index in [0.717, 1.165) is 11.1 Å². The first-order chi connectivity index (χ1) is 11.3. The van der Waals surface area contributed by atoms with Crippen LogP contribution in [0.5, 0.6) is 5.75 Å². The normalized spacial score (nSPS) is 12.9. The monoisotopic (exact) mass is 387 g/mol. The van der Waals surface area contributed by atoms with Gasteiger partial charge >= 0.3 is 0 Å². The number of halogens is 2. The van der Waals surface area contributed by atoms with Gasteiger partial charge in [-0.1, -0.05) is 60.0 Å². The molecule has 2 rings (SSSR count). The lowest BCUT2D eigenvalue weighted by Gasteiger charge is -2.19. The van der Waals surface area contributed by atoms with E-state index < -0.39 is 10.0 Å². The van der Waals surface area contributed by atoms with Crippen LogP contribution >= 0.6 is 23.2 Å². The largest absolute Gasteiger partial charge is 0.495 e. The van der Waals surface area contributed by atoms with Crippen LogP contribution in [-0.4, -0.2) is 15.5 Å². The molecule has 1 atom stereocenters. The predicted molar refractivity (Wildman–Crippen MR) is 97.5 cm³/mol. The van der Waals surface area contributed by atoms with Gasteiger partial charge in [0.15, 0.2) is 0 Å². The van der Waals surface area contributed by atoms with Gasteiger partial charge in [-0.3, -0.25) is 0 Å². The number of hydrogen-bond acceptors (Lipinski definition) is 3. The summed E-state index contributed by atoms with van der Waals surface area (Å²) in [5.41, 5.74) is 2.00. The van der Waals surface area contributed by atoms with Crippen molar-refractivity contribution in [3.05, 3.63) is 57.6 Å². The van der Waals surface area contributed by atoms with Crippen LogP contribution in [0.25, 0.3) is 0 Å². The molecule has 0 aliphatic rings. The number of rotatable bonds is 6. The molecule has 0 saturated carbocycles. The second-order valence-corrected chi connectivity index (χ2v) is 7.83. The van der Waals surface area contributed by atoms with Gasteiger partial charge in [0.2, 0.25) is 10.0 Å². The first-order valence-electron chi connectivity index (χ1n) is 7.41. The molecular weight excluding hydrogens is 369 g/mol. The summed E-state index contributed by atoms with van der Waals surface area (Å²) in [5, 5.41) is 0.0210. The molecule has 0 amide bonds. The van der Waals surface area contributed by atoms with E-state index in [2.05, 4.69) is 4.72 Å². The van der Waals surface area contributed by atoms with Crippen molar-refractivity contribution in [3.8, 4) is 5.75 Å². The molecular formula is C17H19Cl2NO3S. The molecule has 2 aromatic carbocycles. The summed E-state index contributed by atoms with van der Waals surface area (Å²) in [5.74, 6) is 0.325. The summed E-state index contributed by atoms with van der Waals surface area (Å²) in [6, 6.07) is 10.2. The number of aryl methyl sites for hydroxylation is 1. The Hall–Kier alpha value is -1.27. The van der Waals surface area contributed by atoms with Crippen molar-refractivity contribution in [2.45, 2.75) is 31.2 Å². The van der Waals surface area contributed by atoms with Crippen molar-refractivity contribution >= 4 is 33.2 Å². The van der Waals surface area contributed by atoms with Crippen molar-refractivity contribution < 1.29 is 13.2 Å². The average Bonchev–Trinajstić information content (AvgIpc) is 2.55. The highest BCUT2D eigenvalue weighted by Gasteiger charge is 2.25. The van der Waals surface area contributed by atoms with Crippen LogP contribution in [0.4, 0.5) is 0 Å². The molecule has 1 N–H and O–H groups in total. The fraction of sp³-hybridized carbons (Fsp3) is 0.294. The number of nitrogens with one attached hydrogen (secondary N) is 1. The summed E-state index contributed by atoms with van der Waals surface area (Å²) < 4.78 is 33.2. The Morgan fingerprint density at radius 3 is 2.25 bits per heavy atom. The first kappa shape index (κ1) is 19.1. The quantitative estimate of drug-likeness (QED) is 0.778. The van der Waals surface area contributed by atoms with E-state index in [4.69, 9.17) is 27.9 Å². The Bertz CT molecular complexity index is 820. The van der Waals surface area contributed by atoms with Crippen LogP contribution in [0, 0.1) is 6.92 Å². The number of ether oxygens (including phenoxy) is 1. The highest BCUT2D eigenvalue weighted by atomic mass is 35.5. The Kier molecular flexibility index (Phi) is 6.15. The maximum Gasteiger partial charge on any atom is 0.242 e. The number of hydrogen-bond donors (Lipinski definition) is 1. The molecule has 0 aliphatic carbocycles. The highest BCUT2D eigenvalue weighted by Crippen LogP contribution is 2.37. The number of methoxy groups -OCH3 is 1. The van der Waals surface area contributed by atoms with Gasteiger partial charge in [0.05, 0.1) is 12.1 Å². The zero-order chi connectivity index (χ0) is 17.9. The zero-order valence-electron chi connectivity index (χ0n) is 13.6. The van der Waals surface area contributed by atoms with E-state index in [1.807, 2.05) is 38.1 Å². The molecule has 24 heavy (non-hydrogen) atoms. The second-order valence-electron chi connectivity index (χ2n) is 5.39. The van der Waals surface area contributed by atoms with Gasteiger partial charge in [0, 0.05) is 6.04 Å². The summed E-state index contributed by atoms with van der Waals surface area (Å²) in [6.45, 7) is 3.89. The van der Waals surface area contributed by atoms with Crippen molar-refractivity contribution in [1.82, 2.24) is 4.72 Å². The Morgan fingerprint density at radius 2 is 1.71 bits per heavy atom. The SMILES string of the molecule is CC[C@@H](NS(=O)(=O)c1ccc(OC)c(Cl)c1Cl)c1ccc(C)cc1. The Balaban J connectivity index is 2.36. The second kappa shape index (κ2) is 7.74. The smallest absolute Gasteiger partial charge is 0.242 e. The van der Waals surface area contributed by atoms with E-state index in [0.29, 0.717) is 12.2 Å². The molecule has 0 spiro atoms. The van der Waals surface area contributed by atoms with Gasteiger partial charge in [-0.15, -0.1) is 0 Å². The van der Waals surface area contributed by atoms with Crippen molar-refractivity contribution in [3.63, 3.8) is 0 Å². The third-order valence-corrected chi connectivity index (χ3v) is 6.20. The molecule has 0 unspecified atom stereocenters. The molecule has 0 saturated heterocycles. The molecule has 7 heteroatoms.